The van der Waals surface area contributed by atoms with Crippen LogP contribution in [0.15, 0.2) is 0 Å². The summed E-state index contributed by atoms with van der Waals surface area (Å²) >= 11 is 1.27. The van der Waals surface area contributed by atoms with Crippen LogP contribution < -0.4 is 5.32 Å². The summed E-state index contributed by atoms with van der Waals surface area (Å²) in [6.07, 6.45) is -0.149. The lowest BCUT2D eigenvalue weighted by molar-refractivity contribution is -0.139. The summed E-state index contributed by atoms with van der Waals surface area (Å²) in [5, 5.41) is 21.0. The Balaban J connectivity index is 2.84. The summed E-state index contributed by atoms with van der Waals surface area (Å²) in [5.41, 5.74) is 0.475. The minimum atomic E-state index is -0.950. The van der Waals surface area contributed by atoms with Crippen LogP contribution in [0.3, 0.4) is 0 Å². The van der Waals surface area contributed by atoms with E-state index in [9.17, 15) is 9.59 Å². The number of aromatic nitrogens is 1. The largest absolute Gasteiger partial charge is 0.481 e. The molecule has 18 heavy (non-hydrogen) atoms. The second-order valence-electron chi connectivity index (χ2n) is 4.30. The highest BCUT2D eigenvalue weighted by molar-refractivity contribution is 7.15. The van der Waals surface area contributed by atoms with E-state index in [1.807, 2.05) is 0 Å². The smallest absolute Gasteiger partial charge is 0.326 e. The van der Waals surface area contributed by atoms with Crippen molar-refractivity contribution >= 4 is 28.4 Å². The van der Waals surface area contributed by atoms with Crippen molar-refractivity contribution in [3.8, 4) is 0 Å². The molecule has 0 bridgehead atoms. The Bertz CT molecular complexity index is 456. The lowest BCUT2D eigenvalue weighted by Crippen LogP contribution is -2.34. The molecule has 0 saturated heterocycles. The molecule has 1 unspecified atom stereocenters. The standard InChI is InChI=1S/C11H16N2O4S/c1-5(2)9(10(16)17)13-11-12-7(4-8(14)15)6(3)18-11/h5,9H,4H2,1-3H3,(H,12,13)(H,14,15)(H,16,17). The van der Waals surface area contributed by atoms with Gasteiger partial charge in [0.1, 0.15) is 6.04 Å². The maximum Gasteiger partial charge on any atom is 0.326 e. The number of anilines is 1. The third-order valence-corrected chi connectivity index (χ3v) is 3.37. The summed E-state index contributed by atoms with van der Waals surface area (Å²) in [6, 6.07) is -0.728. The van der Waals surface area contributed by atoms with E-state index in [1.165, 1.54) is 11.3 Å². The molecule has 1 rings (SSSR count). The second kappa shape index (κ2) is 5.81. The fraction of sp³-hybridized carbons (Fsp3) is 0.545. The molecule has 7 heteroatoms. The zero-order valence-corrected chi connectivity index (χ0v) is 11.2. The van der Waals surface area contributed by atoms with Crippen molar-refractivity contribution in [2.24, 2.45) is 5.92 Å². The van der Waals surface area contributed by atoms with Crippen LogP contribution in [-0.2, 0) is 16.0 Å². The summed E-state index contributed by atoms with van der Waals surface area (Å²) in [5.74, 6) is -1.99. The number of nitrogens with one attached hydrogen (secondary N) is 1. The SMILES string of the molecule is Cc1sc(NC(C(=O)O)C(C)C)nc1CC(=O)O. The molecule has 1 aromatic heterocycles. The first-order chi connectivity index (χ1) is 8.31. The first-order valence-corrected chi connectivity index (χ1v) is 6.30. The molecule has 1 heterocycles. The number of carboxylic acid groups (broad SMARTS) is 2. The van der Waals surface area contributed by atoms with Crippen LogP contribution in [0.4, 0.5) is 5.13 Å². The highest BCUT2D eigenvalue weighted by atomic mass is 32.1. The number of carbonyl (C=O) groups is 2. The highest BCUT2D eigenvalue weighted by Crippen LogP contribution is 2.24. The average Bonchev–Trinajstić information content (AvgIpc) is 2.54. The van der Waals surface area contributed by atoms with Crippen molar-refractivity contribution < 1.29 is 19.8 Å². The van der Waals surface area contributed by atoms with Gasteiger partial charge in [-0.1, -0.05) is 13.8 Å². The van der Waals surface area contributed by atoms with Crippen molar-refractivity contribution in [3.63, 3.8) is 0 Å². The molecule has 100 valence electrons. The van der Waals surface area contributed by atoms with Crippen LogP contribution in [0, 0.1) is 12.8 Å². The van der Waals surface area contributed by atoms with Gasteiger partial charge in [0, 0.05) is 4.88 Å². The quantitative estimate of drug-likeness (QED) is 0.727. The van der Waals surface area contributed by atoms with E-state index in [1.54, 1.807) is 20.8 Å². The molecule has 0 radical (unpaired) electrons. The molecule has 0 saturated carbocycles. The summed E-state index contributed by atoms with van der Waals surface area (Å²) < 4.78 is 0. The van der Waals surface area contributed by atoms with Crippen molar-refractivity contribution in [3.05, 3.63) is 10.6 Å². The zero-order valence-electron chi connectivity index (χ0n) is 10.4. The third-order valence-electron chi connectivity index (χ3n) is 2.42. The lowest BCUT2D eigenvalue weighted by atomic mass is 10.1. The molecule has 0 amide bonds. The second-order valence-corrected chi connectivity index (χ2v) is 5.50. The average molecular weight is 272 g/mol. The Hall–Kier alpha value is -1.63. The van der Waals surface area contributed by atoms with E-state index in [0.717, 1.165) is 4.88 Å². The van der Waals surface area contributed by atoms with Gasteiger partial charge in [0.2, 0.25) is 0 Å². The van der Waals surface area contributed by atoms with Gasteiger partial charge >= 0.3 is 11.9 Å². The van der Waals surface area contributed by atoms with Crippen molar-refractivity contribution in [1.29, 1.82) is 0 Å². The molecule has 0 aliphatic heterocycles. The number of nitrogens with zero attached hydrogens (tertiary/aromatic N) is 1. The third kappa shape index (κ3) is 3.69. The van der Waals surface area contributed by atoms with Gasteiger partial charge in [-0.25, -0.2) is 9.78 Å². The molecule has 6 nitrogen and oxygen atoms in total. The molecule has 0 aliphatic rings. The maximum atomic E-state index is 11.0. The van der Waals surface area contributed by atoms with Gasteiger partial charge in [0.25, 0.3) is 0 Å². The molecular formula is C11H16N2O4S. The zero-order chi connectivity index (χ0) is 13.9. The minimum Gasteiger partial charge on any atom is -0.481 e. The molecule has 1 aromatic rings. The van der Waals surface area contributed by atoms with Gasteiger partial charge in [-0.05, 0) is 12.8 Å². The Morgan fingerprint density at radius 2 is 2.00 bits per heavy atom. The fourth-order valence-electron chi connectivity index (χ4n) is 1.44. The molecule has 3 N–H and O–H groups in total. The minimum absolute atomic E-state index is 0.0883. The molecule has 0 spiro atoms. The van der Waals surface area contributed by atoms with Crippen LogP contribution in [-0.4, -0.2) is 33.2 Å². The van der Waals surface area contributed by atoms with E-state index in [4.69, 9.17) is 10.2 Å². The fourth-order valence-corrected chi connectivity index (χ4v) is 2.31. The van der Waals surface area contributed by atoms with Gasteiger partial charge < -0.3 is 15.5 Å². The number of hydrogen-bond acceptors (Lipinski definition) is 5. The van der Waals surface area contributed by atoms with E-state index >= 15 is 0 Å². The maximum absolute atomic E-state index is 11.0. The number of thiazole rings is 1. The van der Waals surface area contributed by atoms with E-state index in [2.05, 4.69) is 10.3 Å². The first-order valence-electron chi connectivity index (χ1n) is 5.48. The molecule has 0 fully saturated rings. The van der Waals surface area contributed by atoms with Crippen molar-refractivity contribution in [2.45, 2.75) is 33.2 Å². The summed E-state index contributed by atoms with van der Waals surface area (Å²) in [6.45, 7) is 5.36. The number of carboxylic acids is 2. The number of aryl methyl sites for hydroxylation is 1. The predicted molar refractivity (Wildman–Crippen MR) is 68.1 cm³/mol. The Kier molecular flexibility index (Phi) is 4.66. The lowest BCUT2D eigenvalue weighted by Gasteiger charge is -2.16. The molecule has 1 atom stereocenters. The number of rotatable bonds is 6. The van der Waals surface area contributed by atoms with Gasteiger partial charge in [0.05, 0.1) is 12.1 Å². The van der Waals surface area contributed by atoms with Crippen LogP contribution in [0.25, 0.3) is 0 Å². The van der Waals surface area contributed by atoms with Gasteiger partial charge in [-0.2, -0.15) is 0 Å². The Morgan fingerprint density at radius 1 is 1.39 bits per heavy atom. The van der Waals surface area contributed by atoms with Gasteiger partial charge in [-0.3, -0.25) is 4.79 Å². The Morgan fingerprint density at radius 3 is 2.44 bits per heavy atom. The van der Waals surface area contributed by atoms with E-state index < -0.39 is 18.0 Å². The van der Waals surface area contributed by atoms with Gasteiger partial charge in [-0.15, -0.1) is 11.3 Å². The number of hydrogen-bond donors (Lipinski definition) is 3. The van der Waals surface area contributed by atoms with Crippen molar-refractivity contribution in [2.75, 3.05) is 5.32 Å². The van der Waals surface area contributed by atoms with Crippen LogP contribution >= 0.6 is 11.3 Å². The van der Waals surface area contributed by atoms with E-state index in [0.29, 0.717) is 10.8 Å². The topological polar surface area (TPSA) is 99.5 Å². The van der Waals surface area contributed by atoms with Gasteiger partial charge in [0.15, 0.2) is 5.13 Å². The monoisotopic (exact) mass is 272 g/mol. The molecule has 0 aliphatic carbocycles. The molecule has 0 aromatic carbocycles. The highest BCUT2D eigenvalue weighted by Gasteiger charge is 2.23. The Labute approximate surface area is 109 Å². The summed E-state index contributed by atoms with van der Waals surface area (Å²) in [7, 11) is 0. The first kappa shape index (κ1) is 14.4. The van der Waals surface area contributed by atoms with Crippen LogP contribution in [0.2, 0.25) is 0 Å². The van der Waals surface area contributed by atoms with E-state index in [-0.39, 0.29) is 12.3 Å². The predicted octanol–water partition coefficient (Wildman–Crippen LogP) is 1.60. The molecular weight excluding hydrogens is 256 g/mol. The summed E-state index contributed by atoms with van der Waals surface area (Å²) in [4.78, 5) is 26.6. The number of aliphatic carboxylic acids is 2. The van der Waals surface area contributed by atoms with Crippen LogP contribution in [0.5, 0.6) is 0 Å². The van der Waals surface area contributed by atoms with Crippen molar-refractivity contribution in [1.82, 2.24) is 4.98 Å². The van der Waals surface area contributed by atoms with Crippen LogP contribution in [0.1, 0.15) is 24.4 Å². The normalized spacial score (nSPS) is 12.4.